The third-order valence-electron chi connectivity index (χ3n) is 5.97. The molecule has 6 nitrogen and oxygen atoms in total. The van der Waals surface area contributed by atoms with E-state index in [2.05, 4.69) is 39.8 Å². The summed E-state index contributed by atoms with van der Waals surface area (Å²) in [6.45, 7) is 6.67. The van der Waals surface area contributed by atoms with Crippen LogP contribution in [0.5, 0.6) is 0 Å². The van der Waals surface area contributed by atoms with Crippen LogP contribution in [0.15, 0.2) is 30.5 Å². The van der Waals surface area contributed by atoms with Crippen LogP contribution in [0.3, 0.4) is 0 Å². The van der Waals surface area contributed by atoms with E-state index in [-0.39, 0.29) is 11.3 Å². The Labute approximate surface area is 185 Å². The van der Waals surface area contributed by atoms with Gasteiger partial charge in [0.2, 0.25) is 0 Å². The highest BCUT2D eigenvalue weighted by Gasteiger charge is 2.35. The van der Waals surface area contributed by atoms with Gasteiger partial charge >= 0.3 is 6.03 Å². The van der Waals surface area contributed by atoms with Gasteiger partial charge in [0.05, 0.1) is 11.2 Å². The summed E-state index contributed by atoms with van der Waals surface area (Å²) in [4.78, 5) is 21.1. The molecule has 168 valence electrons. The summed E-state index contributed by atoms with van der Waals surface area (Å²) in [6.07, 6.45) is 3.73. The number of carbonyl (C=O) groups excluding carboxylic acids is 1. The van der Waals surface area contributed by atoms with Crippen LogP contribution in [0.4, 0.5) is 25.1 Å². The van der Waals surface area contributed by atoms with Crippen LogP contribution in [-0.4, -0.2) is 29.6 Å². The molecule has 2 heterocycles. The first-order valence-corrected chi connectivity index (χ1v) is 10.6. The highest BCUT2D eigenvalue weighted by molar-refractivity contribution is 5.91. The Kier molecular flexibility index (Phi) is 5.71. The first-order chi connectivity index (χ1) is 15.1. The first-order valence-electron chi connectivity index (χ1n) is 10.6. The zero-order valence-corrected chi connectivity index (χ0v) is 18.6. The first kappa shape index (κ1) is 21.9. The van der Waals surface area contributed by atoms with Crippen molar-refractivity contribution >= 4 is 28.4 Å². The number of carbonyl (C=O) groups is 1. The number of rotatable bonds is 5. The number of amides is 2. The molecule has 1 saturated carbocycles. The van der Waals surface area contributed by atoms with Crippen molar-refractivity contribution < 1.29 is 13.6 Å². The SMILES string of the molecule is CNc1cc2nc(C)c(-c3cc(NC(=O)NCC4CC(C)(C)C4)c(F)cc3F)cc2cn1. The molecular formula is C24H27F2N5O. The number of aromatic nitrogens is 2. The van der Waals surface area contributed by atoms with Gasteiger partial charge < -0.3 is 16.0 Å². The second-order valence-electron chi connectivity index (χ2n) is 9.22. The number of anilines is 2. The number of halogens is 2. The minimum Gasteiger partial charge on any atom is -0.373 e. The van der Waals surface area contributed by atoms with Gasteiger partial charge in [-0.05, 0) is 43.2 Å². The van der Waals surface area contributed by atoms with Gasteiger partial charge in [-0.2, -0.15) is 0 Å². The van der Waals surface area contributed by atoms with Crippen molar-refractivity contribution in [1.29, 1.82) is 0 Å². The summed E-state index contributed by atoms with van der Waals surface area (Å²) in [6, 6.07) is 5.15. The number of benzene rings is 1. The fourth-order valence-corrected chi connectivity index (χ4v) is 4.48. The van der Waals surface area contributed by atoms with Gasteiger partial charge in [0.1, 0.15) is 17.5 Å². The Hall–Kier alpha value is -3.29. The molecule has 0 bridgehead atoms. The number of fused-ring (bicyclic) bond motifs is 1. The van der Waals surface area contributed by atoms with Gasteiger partial charge in [0.25, 0.3) is 0 Å². The number of hydrogen-bond acceptors (Lipinski definition) is 4. The standard InChI is InChI=1S/C24H27F2N5O/c1-13-16(5-15-12-28-22(27-4)8-20(15)30-13)17-6-21(19(26)7-18(17)25)31-23(32)29-11-14-9-24(2,3)10-14/h5-8,12,14H,9-11H2,1-4H3,(H,27,28)(H2,29,31,32). The molecule has 1 aliphatic rings. The fraction of sp³-hybridized carbons (Fsp3) is 0.375. The molecule has 2 amide bonds. The molecule has 3 aromatic rings. The van der Waals surface area contributed by atoms with Crippen molar-refractivity contribution in [3.63, 3.8) is 0 Å². The van der Waals surface area contributed by atoms with Crippen LogP contribution in [0.2, 0.25) is 0 Å². The van der Waals surface area contributed by atoms with E-state index in [1.54, 1.807) is 32.3 Å². The van der Waals surface area contributed by atoms with Gasteiger partial charge in [-0.15, -0.1) is 0 Å². The van der Waals surface area contributed by atoms with E-state index >= 15 is 0 Å². The Morgan fingerprint density at radius 1 is 1.12 bits per heavy atom. The van der Waals surface area contributed by atoms with E-state index in [1.165, 1.54) is 6.07 Å². The van der Waals surface area contributed by atoms with Crippen LogP contribution in [-0.2, 0) is 0 Å². The maximum absolute atomic E-state index is 14.7. The molecule has 32 heavy (non-hydrogen) atoms. The maximum Gasteiger partial charge on any atom is 0.319 e. The molecule has 2 aromatic heterocycles. The lowest BCUT2D eigenvalue weighted by atomic mass is 9.64. The van der Waals surface area contributed by atoms with Crippen molar-refractivity contribution in [2.24, 2.45) is 11.3 Å². The van der Waals surface area contributed by atoms with Crippen LogP contribution in [0.1, 0.15) is 32.4 Å². The third-order valence-corrected chi connectivity index (χ3v) is 5.97. The van der Waals surface area contributed by atoms with Crippen LogP contribution in [0.25, 0.3) is 22.0 Å². The summed E-state index contributed by atoms with van der Waals surface area (Å²) in [5, 5.41) is 8.97. The van der Waals surface area contributed by atoms with Gasteiger partial charge in [0.15, 0.2) is 0 Å². The van der Waals surface area contributed by atoms with Crippen molar-refractivity contribution in [3.8, 4) is 11.1 Å². The van der Waals surface area contributed by atoms with Crippen molar-refractivity contribution in [3.05, 3.63) is 47.8 Å². The quantitative estimate of drug-likeness (QED) is 0.492. The summed E-state index contributed by atoms with van der Waals surface area (Å²) in [5.74, 6) is -0.465. The Morgan fingerprint density at radius 3 is 2.56 bits per heavy atom. The normalized spacial score (nSPS) is 15.3. The molecule has 1 fully saturated rings. The molecule has 8 heteroatoms. The van der Waals surface area contributed by atoms with Crippen LogP contribution >= 0.6 is 0 Å². The predicted molar refractivity (Wildman–Crippen MR) is 123 cm³/mol. The van der Waals surface area contributed by atoms with Gasteiger partial charge in [0, 0.05) is 54.1 Å². The average Bonchev–Trinajstić information content (AvgIpc) is 2.72. The fourth-order valence-electron chi connectivity index (χ4n) is 4.48. The smallest absolute Gasteiger partial charge is 0.319 e. The number of aryl methyl sites for hydroxylation is 1. The molecule has 0 spiro atoms. The van der Waals surface area contributed by atoms with E-state index in [0.29, 0.717) is 40.5 Å². The summed E-state index contributed by atoms with van der Waals surface area (Å²) in [7, 11) is 1.76. The number of nitrogens with zero attached hydrogens (tertiary/aromatic N) is 2. The topological polar surface area (TPSA) is 78.9 Å². The van der Waals surface area contributed by atoms with Crippen molar-refractivity contribution in [1.82, 2.24) is 15.3 Å². The largest absolute Gasteiger partial charge is 0.373 e. The van der Waals surface area contributed by atoms with E-state index in [0.717, 1.165) is 24.3 Å². The van der Waals surface area contributed by atoms with Crippen LogP contribution < -0.4 is 16.0 Å². The molecule has 4 rings (SSSR count). The second kappa shape index (κ2) is 8.33. The molecule has 0 saturated heterocycles. The average molecular weight is 440 g/mol. The summed E-state index contributed by atoms with van der Waals surface area (Å²) in [5.41, 5.74) is 2.19. The maximum atomic E-state index is 14.7. The number of nitrogens with one attached hydrogen (secondary N) is 3. The highest BCUT2D eigenvalue weighted by atomic mass is 19.1. The van der Waals surface area contributed by atoms with E-state index in [4.69, 9.17) is 0 Å². The van der Waals surface area contributed by atoms with Crippen molar-refractivity contribution in [2.75, 3.05) is 24.2 Å². The number of urea groups is 1. The summed E-state index contributed by atoms with van der Waals surface area (Å²) >= 11 is 0. The lowest BCUT2D eigenvalue weighted by Gasteiger charge is -2.42. The van der Waals surface area contributed by atoms with Crippen molar-refractivity contribution in [2.45, 2.75) is 33.6 Å². The molecule has 0 atom stereocenters. The number of hydrogen-bond donors (Lipinski definition) is 3. The zero-order valence-electron chi connectivity index (χ0n) is 18.6. The molecule has 0 unspecified atom stereocenters. The molecular weight excluding hydrogens is 412 g/mol. The second-order valence-corrected chi connectivity index (χ2v) is 9.22. The van der Waals surface area contributed by atoms with E-state index < -0.39 is 17.7 Å². The zero-order chi connectivity index (χ0) is 23.0. The lowest BCUT2D eigenvalue weighted by Crippen LogP contribution is -2.41. The predicted octanol–water partition coefficient (Wildman–Crippen LogP) is 5.48. The van der Waals surface area contributed by atoms with Crippen LogP contribution in [0, 0.1) is 29.9 Å². The van der Waals surface area contributed by atoms with Gasteiger partial charge in [-0.25, -0.2) is 18.6 Å². The Balaban J connectivity index is 1.57. The molecule has 1 aliphatic carbocycles. The van der Waals surface area contributed by atoms with Gasteiger partial charge in [-0.3, -0.25) is 4.98 Å². The monoisotopic (exact) mass is 439 g/mol. The minimum atomic E-state index is -0.835. The third kappa shape index (κ3) is 4.49. The Bertz CT molecular complexity index is 1190. The van der Waals surface area contributed by atoms with E-state index in [1.807, 2.05) is 0 Å². The number of pyridine rings is 2. The molecule has 1 aromatic carbocycles. The summed E-state index contributed by atoms with van der Waals surface area (Å²) < 4.78 is 29.1. The molecule has 0 radical (unpaired) electrons. The molecule has 3 N–H and O–H groups in total. The lowest BCUT2D eigenvalue weighted by molar-refractivity contribution is 0.0978. The Morgan fingerprint density at radius 2 is 1.88 bits per heavy atom. The van der Waals surface area contributed by atoms with E-state index in [9.17, 15) is 13.6 Å². The van der Waals surface area contributed by atoms with Gasteiger partial charge in [-0.1, -0.05) is 13.8 Å². The minimum absolute atomic E-state index is 0.0870. The molecule has 0 aliphatic heterocycles. The highest BCUT2D eigenvalue weighted by Crippen LogP contribution is 2.44.